The number of anilines is 1. The molecule has 0 aliphatic heterocycles. The largest absolute Gasteiger partial charge is 0.327 e. The quantitative estimate of drug-likeness (QED) is 0.868. The molecule has 0 bridgehead atoms. The van der Waals surface area contributed by atoms with Gasteiger partial charge in [-0.05, 0) is 30.5 Å². The van der Waals surface area contributed by atoms with E-state index in [1.807, 2.05) is 32.9 Å². The number of benzene rings is 1. The van der Waals surface area contributed by atoms with E-state index in [0.29, 0.717) is 17.4 Å². The third-order valence-electron chi connectivity index (χ3n) is 2.82. The number of amides is 1. The molecule has 0 heterocycles. The van der Waals surface area contributed by atoms with E-state index in [0.717, 1.165) is 11.3 Å². The van der Waals surface area contributed by atoms with Crippen LogP contribution >= 0.6 is 11.6 Å². The van der Waals surface area contributed by atoms with Gasteiger partial charge in [-0.3, -0.25) is 4.79 Å². The lowest BCUT2D eigenvalue weighted by Crippen LogP contribution is -2.31. The third-order valence-corrected chi connectivity index (χ3v) is 3.23. The summed E-state index contributed by atoms with van der Waals surface area (Å²) in [6.45, 7) is 5.88. The van der Waals surface area contributed by atoms with Gasteiger partial charge in [-0.2, -0.15) is 0 Å². The Morgan fingerprint density at radius 3 is 2.71 bits per heavy atom. The lowest BCUT2D eigenvalue weighted by atomic mass is 10.0. The summed E-state index contributed by atoms with van der Waals surface area (Å²) in [6, 6.07) is 5.33. The molecule has 17 heavy (non-hydrogen) atoms. The standard InChI is InChI=1S/C13H19ClN2O/c1-8(2)11(15)7-13(17)16-12-6-4-5-10(14)9(12)3/h4-6,8,11H,7,15H2,1-3H3,(H,16,17). The Labute approximate surface area is 107 Å². The molecule has 1 amide bonds. The average molecular weight is 255 g/mol. The molecule has 94 valence electrons. The number of hydrogen-bond acceptors (Lipinski definition) is 2. The van der Waals surface area contributed by atoms with Crippen molar-refractivity contribution in [1.29, 1.82) is 0 Å². The van der Waals surface area contributed by atoms with Gasteiger partial charge in [-0.1, -0.05) is 31.5 Å². The second-order valence-electron chi connectivity index (χ2n) is 4.57. The summed E-state index contributed by atoms with van der Waals surface area (Å²) >= 11 is 5.98. The van der Waals surface area contributed by atoms with Crippen LogP contribution in [0.5, 0.6) is 0 Å². The Morgan fingerprint density at radius 1 is 1.47 bits per heavy atom. The molecule has 1 aromatic rings. The fraction of sp³-hybridized carbons (Fsp3) is 0.462. The van der Waals surface area contributed by atoms with Crippen LogP contribution in [0.15, 0.2) is 18.2 Å². The van der Waals surface area contributed by atoms with Gasteiger partial charge in [0.25, 0.3) is 0 Å². The van der Waals surface area contributed by atoms with Gasteiger partial charge in [0.1, 0.15) is 0 Å². The normalized spacial score (nSPS) is 12.6. The van der Waals surface area contributed by atoms with Gasteiger partial charge in [0.05, 0.1) is 0 Å². The molecule has 1 atom stereocenters. The monoisotopic (exact) mass is 254 g/mol. The molecule has 1 aromatic carbocycles. The van der Waals surface area contributed by atoms with Crippen LogP contribution < -0.4 is 11.1 Å². The van der Waals surface area contributed by atoms with E-state index >= 15 is 0 Å². The minimum atomic E-state index is -0.116. The second-order valence-corrected chi connectivity index (χ2v) is 4.98. The zero-order valence-corrected chi connectivity index (χ0v) is 11.2. The number of carbonyl (C=O) groups excluding carboxylic acids is 1. The van der Waals surface area contributed by atoms with Crippen LogP contribution in [0, 0.1) is 12.8 Å². The Morgan fingerprint density at radius 2 is 2.12 bits per heavy atom. The van der Waals surface area contributed by atoms with Crippen LogP contribution in [0.4, 0.5) is 5.69 Å². The molecule has 1 unspecified atom stereocenters. The molecule has 0 aromatic heterocycles. The molecule has 0 aliphatic rings. The maximum Gasteiger partial charge on any atom is 0.225 e. The van der Waals surface area contributed by atoms with Crippen molar-refractivity contribution in [3.63, 3.8) is 0 Å². The first-order valence-electron chi connectivity index (χ1n) is 5.72. The molecule has 3 nitrogen and oxygen atoms in total. The summed E-state index contributed by atoms with van der Waals surface area (Å²) in [5.74, 6) is 0.220. The number of halogens is 1. The number of nitrogens with one attached hydrogen (secondary N) is 1. The first-order valence-corrected chi connectivity index (χ1v) is 6.10. The van der Waals surface area contributed by atoms with Crippen LogP contribution in [0.25, 0.3) is 0 Å². The number of rotatable bonds is 4. The van der Waals surface area contributed by atoms with Crippen molar-refractivity contribution in [1.82, 2.24) is 0 Å². The molecule has 0 radical (unpaired) electrons. The van der Waals surface area contributed by atoms with Crippen LogP contribution in [0.3, 0.4) is 0 Å². The van der Waals surface area contributed by atoms with E-state index in [9.17, 15) is 4.79 Å². The highest BCUT2D eigenvalue weighted by molar-refractivity contribution is 6.31. The van der Waals surface area contributed by atoms with E-state index < -0.39 is 0 Å². The highest BCUT2D eigenvalue weighted by atomic mass is 35.5. The molecule has 0 spiro atoms. The first-order chi connectivity index (χ1) is 7.91. The fourth-order valence-corrected chi connectivity index (χ4v) is 1.57. The van der Waals surface area contributed by atoms with E-state index in [1.165, 1.54) is 0 Å². The summed E-state index contributed by atoms with van der Waals surface area (Å²) in [4.78, 5) is 11.8. The zero-order chi connectivity index (χ0) is 13.0. The summed E-state index contributed by atoms with van der Waals surface area (Å²) < 4.78 is 0. The van der Waals surface area contributed by atoms with Gasteiger partial charge in [-0.25, -0.2) is 0 Å². The molecule has 0 fully saturated rings. The van der Waals surface area contributed by atoms with Crippen molar-refractivity contribution in [3.8, 4) is 0 Å². The lowest BCUT2D eigenvalue weighted by Gasteiger charge is -2.16. The van der Waals surface area contributed by atoms with Gasteiger partial charge in [0, 0.05) is 23.2 Å². The van der Waals surface area contributed by atoms with Crippen molar-refractivity contribution in [2.45, 2.75) is 33.2 Å². The van der Waals surface area contributed by atoms with Crippen LogP contribution in [0.2, 0.25) is 5.02 Å². The summed E-state index contributed by atoms with van der Waals surface area (Å²) in [5.41, 5.74) is 7.48. The third kappa shape index (κ3) is 4.02. The predicted octanol–water partition coefficient (Wildman–Crippen LogP) is 2.96. The summed E-state index contributed by atoms with van der Waals surface area (Å²) in [7, 11) is 0. The van der Waals surface area contributed by atoms with Crippen molar-refractivity contribution in [2.24, 2.45) is 11.7 Å². The van der Waals surface area contributed by atoms with E-state index in [2.05, 4.69) is 5.32 Å². The second kappa shape index (κ2) is 6.03. The smallest absolute Gasteiger partial charge is 0.225 e. The molecule has 0 saturated carbocycles. The summed E-state index contributed by atoms with van der Waals surface area (Å²) in [6.07, 6.45) is 0.323. The van der Waals surface area contributed by atoms with Crippen LogP contribution in [-0.4, -0.2) is 11.9 Å². The lowest BCUT2D eigenvalue weighted by molar-refractivity contribution is -0.116. The van der Waals surface area contributed by atoms with Crippen molar-refractivity contribution >= 4 is 23.2 Å². The van der Waals surface area contributed by atoms with Gasteiger partial charge in [-0.15, -0.1) is 0 Å². The first kappa shape index (κ1) is 14.0. The van der Waals surface area contributed by atoms with Crippen molar-refractivity contribution in [3.05, 3.63) is 28.8 Å². The highest BCUT2D eigenvalue weighted by Gasteiger charge is 2.13. The molecular weight excluding hydrogens is 236 g/mol. The van der Waals surface area contributed by atoms with Crippen molar-refractivity contribution in [2.75, 3.05) is 5.32 Å². The molecular formula is C13H19ClN2O. The Bertz CT molecular complexity index is 404. The molecule has 0 aliphatic carbocycles. The van der Waals surface area contributed by atoms with Gasteiger partial charge in [0.15, 0.2) is 0 Å². The van der Waals surface area contributed by atoms with Crippen LogP contribution in [0.1, 0.15) is 25.8 Å². The Balaban J connectivity index is 2.66. The van der Waals surface area contributed by atoms with Gasteiger partial charge in [0.2, 0.25) is 5.91 Å². The predicted molar refractivity (Wildman–Crippen MR) is 72.2 cm³/mol. The topological polar surface area (TPSA) is 55.1 Å². The minimum absolute atomic E-state index is 0.0726. The number of carbonyl (C=O) groups is 1. The van der Waals surface area contributed by atoms with Crippen LogP contribution in [-0.2, 0) is 4.79 Å². The fourth-order valence-electron chi connectivity index (χ4n) is 1.39. The zero-order valence-electron chi connectivity index (χ0n) is 10.5. The minimum Gasteiger partial charge on any atom is -0.327 e. The Hall–Kier alpha value is -1.06. The van der Waals surface area contributed by atoms with Gasteiger partial charge < -0.3 is 11.1 Å². The Kier molecular flexibility index (Phi) is 4.97. The number of hydrogen-bond donors (Lipinski definition) is 2. The molecule has 1 rings (SSSR count). The SMILES string of the molecule is Cc1c(Cl)cccc1NC(=O)CC(N)C(C)C. The molecule has 4 heteroatoms. The maximum absolute atomic E-state index is 11.8. The van der Waals surface area contributed by atoms with E-state index in [-0.39, 0.29) is 11.9 Å². The maximum atomic E-state index is 11.8. The van der Waals surface area contributed by atoms with E-state index in [4.69, 9.17) is 17.3 Å². The molecule has 3 N–H and O–H groups in total. The number of nitrogens with two attached hydrogens (primary N) is 1. The van der Waals surface area contributed by atoms with E-state index in [1.54, 1.807) is 6.07 Å². The van der Waals surface area contributed by atoms with Gasteiger partial charge >= 0.3 is 0 Å². The van der Waals surface area contributed by atoms with Crippen molar-refractivity contribution < 1.29 is 4.79 Å². The summed E-state index contributed by atoms with van der Waals surface area (Å²) in [5, 5.41) is 3.48. The average Bonchev–Trinajstić information content (AvgIpc) is 2.24. The molecule has 0 saturated heterocycles. The highest BCUT2D eigenvalue weighted by Crippen LogP contribution is 2.23.